The monoisotopic (exact) mass is 498 g/mol. The van der Waals surface area contributed by atoms with Gasteiger partial charge in [0.2, 0.25) is 5.95 Å². The molecule has 2 unspecified atom stereocenters. The number of aromatic nitrogens is 3. The molecule has 4 aromatic rings. The van der Waals surface area contributed by atoms with Crippen molar-refractivity contribution >= 4 is 33.4 Å². The Labute approximate surface area is 215 Å². The van der Waals surface area contributed by atoms with E-state index in [0.717, 1.165) is 36.1 Å². The third kappa shape index (κ3) is 3.69. The highest BCUT2D eigenvalue weighted by Gasteiger charge is 2.40. The van der Waals surface area contributed by atoms with Crippen molar-refractivity contribution < 1.29 is 9.50 Å². The van der Waals surface area contributed by atoms with Crippen molar-refractivity contribution in [3.8, 4) is 17.0 Å². The summed E-state index contributed by atoms with van der Waals surface area (Å²) in [6.07, 6.45) is 6.34. The molecule has 2 aliphatic heterocycles. The number of piperidine rings is 1. The van der Waals surface area contributed by atoms with E-state index in [0.29, 0.717) is 41.8 Å². The van der Waals surface area contributed by atoms with Crippen LogP contribution in [0.5, 0.6) is 5.75 Å². The summed E-state index contributed by atoms with van der Waals surface area (Å²) in [5, 5.41) is 12.7. The van der Waals surface area contributed by atoms with Crippen LogP contribution in [0.15, 0.2) is 42.6 Å². The summed E-state index contributed by atoms with van der Waals surface area (Å²) in [6.45, 7) is 5.24. The Hall–Kier alpha value is -3.52. The molecule has 8 heteroatoms. The molecule has 3 N–H and O–H groups in total. The highest BCUT2D eigenvalue weighted by molar-refractivity contribution is 6.00. The van der Waals surface area contributed by atoms with E-state index in [1.807, 2.05) is 29.2 Å². The van der Waals surface area contributed by atoms with Crippen LogP contribution in [0.2, 0.25) is 0 Å². The van der Waals surface area contributed by atoms with Crippen molar-refractivity contribution in [1.29, 1.82) is 0 Å². The zero-order valence-corrected chi connectivity index (χ0v) is 21.0. The number of anilines is 2. The second-order valence-electron chi connectivity index (χ2n) is 11.3. The van der Waals surface area contributed by atoms with Crippen LogP contribution in [0.3, 0.4) is 0 Å². The van der Waals surface area contributed by atoms with Crippen LogP contribution in [0.4, 0.5) is 16.2 Å². The fraction of sp³-hybridized carbons (Fsp3) is 0.414. The topological polar surface area (TPSA) is 91.4 Å². The maximum atomic E-state index is 16.4. The summed E-state index contributed by atoms with van der Waals surface area (Å²) in [4.78, 5) is 18.7. The normalized spacial score (nSPS) is 22.6. The van der Waals surface area contributed by atoms with E-state index in [4.69, 9.17) is 15.7 Å². The zero-order chi connectivity index (χ0) is 25.3. The van der Waals surface area contributed by atoms with Gasteiger partial charge in [0, 0.05) is 37.9 Å². The lowest BCUT2D eigenvalue weighted by Crippen LogP contribution is -2.67. The number of rotatable bonds is 4. The van der Waals surface area contributed by atoms with E-state index < -0.39 is 5.82 Å². The summed E-state index contributed by atoms with van der Waals surface area (Å²) in [7, 11) is 0. The molecule has 0 amide bonds. The van der Waals surface area contributed by atoms with Crippen LogP contribution in [0.25, 0.3) is 32.9 Å². The van der Waals surface area contributed by atoms with E-state index in [-0.39, 0.29) is 22.5 Å². The summed E-state index contributed by atoms with van der Waals surface area (Å²) in [5.74, 6) is 2.18. The number of benzene rings is 2. The predicted molar refractivity (Wildman–Crippen MR) is 144 cm³/mol. The molecule has 3 aliphatic rings. The van der Waals surface area contributed by atoms with Crippen molar-refractivity contribution in [2.24, 2.45) is 17.6 Å². The summed E-state index contributed by atoms with van der Waals surface area (Å²) in [5.41, 5.74) is 7.18. The van der Waals surface area contributed by atoms with Crippen molar-refractivity contribution in [3.63, 3.8) is 0 Å². The largest absolute Gasteiger partial charge is 0.508 e. The first-order valence-electron chi connectivity index (χ1n) is 13.3. The smallest absolute Gasteiger partial charge is 0.228 e. The molecule has 1 saturated carbocycles. The molecule has 3 fully saturated rings. The molecule has 0 spiro atoms. The van der Waals surface area contributed by atoms with Crippen molar-refractivity contribution in [1.82, 2.24) is 15.0 Å². The number of halogens is 1. The fourth-order valence-electron chi connectivity index (χ4n) is 6.55. The van der Waals surface area contributed by atoms with E-state index in [1.165, 1.54) is 19.3 Å². The molecule has 4 heterocycles. The first-order chi connectivity index (χ1) is 17.9. The van der Waals surface area contributed by atoms with Gasteiger partial charge in [-0.3, -0.25) is 4.98 Å². The molecule has 190 valence electrons. The number of phenolic OH excluding ortho intramolecular Hbond substituents is 1. The molecule has 2 aromatic carbocycles. The van der Waals surface area contributed by atoms with Crippen LogP contribution in [-0.2, 0) is 0 Å². The van der Waals surface area contributed by atoms with Crippen LogP contribution >= 0.6 is 0 Å². The van der Waals surface area contributed by atoms with E-state index in [1.54, 1.807) is 18.3 Å². The highest BCUT2D eigenvalue weighted by atomic mass is 19.1. The van der Waals surface area contributed by atoms with Crippen LogP contribution in [0.1, 0.15) is 32.6 Å². The lowest BCUT2D eigenvalue weighted by atomic mass is 9.89. The Bertz CT molecular complexity index is 1520. The van der Waals surface area contributed by atoms with Gasteiger partial charge in [-0.15, -0.1) is 0 Å². The van der Waals surface area contributed by atoms with Crippen molar-refractivity contribution in [2.45, 2.75) is 38.1 Å². The van der Waals surface area contributed by atoms with Gasteiger partial charge in [0.05, 0.1) is 10.9 Å². The lowest BCUT2D eigenvalue weighted by molar-refractivity contribution is 0.318. The Morgan fingerprint density at radius 1 is 1.05 bits per heavy atom. The predicted octanol–water partition coefficient (Wildman–Crippen LogP) is 4.85. The molecule has 0 radical (unpaired) electrons. The van der Waals surface area contributed by atoms with Crippen LogP contribution in [0, 0.1) is 17.7 Å². The Morgan fingerprint density at radius 3 is 2.57 bits per heavy atom. The van der Waals surface area contributed by atoms with E-state index in [9.17, 15) is 5.11 Å². The molecule has 7 rings (SSSR count). The highest BCUT2D eigenvalue weighted by Crippen LogP contribution is 2.41. The Balaban J connectivity index is 1.41. The Morgan fingerprint density at radius 2 is 1.81 bits per heavy atom. The molecule has 7 nitrogen and oxygen atoms in total. The van der Waals surface area contributed by atoms with Gasteiger partial charge >= 0.3 is 0 Å². The third-order valence-electron chi connectivity index (χ3n) is 8.66. The molecular formula is C29H31FN6O. The number of nitrogens with zero attached hydrogens (tertiary/aromatic N) is 5. The van der Waals surface area contributed by atoms with E-state index >= 15 is 4.39 Å². The minimum atomic E-state index is -0.492. The van der Waals surface area contributed by atoms with Gasteiger partial charge in [-0.2, -0.15) is 4.98 Å². The van der Waals surface area contributed by atoms with Gasteiger partial charge in [-0.1, -0.05) is 31.2 Å². The summed E-state index contributed by atoms with van der Waals surface area (Å²) >= 11 is 0. The molecule has 37 heavy (non-hydrogen) atoms. The number of hydrogen-bond donors (Lipinski definition) is 2. The van der Waals surface area contributed by atoms with Crippen LogP contribution in [-0.4, -0.2) is 51.8 Å². The number of aromatic hydroxyl groups is 1. The molecule has 2 bridgehead atoms. The van der Waals surface area contributed by atoms with Gasteiger partial charge in [0.1, 0.15) is 22.8 Å². The van der Waals surface area contributed by atoms with Gasteiger partial charge in [-0.25, -0.2) is 9.37 Å². The average Bonchev–Trinajstić information content (AvgIpc) is 3.23. The number of phenols is 1. The number of pyridine rings is 1. The van der Waals surface area contributed by atoms with Crippen molar-refractivity contribution in [2.75, 3.05) is 36.0 Å². The summed E-state index contributed by atoms with van der Waals surface area (Å²) < 4.78 is 16.4. The number of nitrogens with two attached hydrogens (primary N) is 1. The second-order valence-corrected chi connectivity index (χ2v) is 11.3. The Kier molecular flexibility index (Phi) is 5.05. The average molecular weight is 499 g/mol. The first kappa shape index (κ1) is 22.7. The fourth-order valence-corrected chi connectivity index (χ4v) is 6.55. The van der Waals surface area contributed by atoms with Gasteiger partial charge in [0.25, 0.3) is 0 Å². The first-order valence-corrected chi connectivity index (χ1v) is 13.3. The standard InChI is InChI=1S/C29H31FN6O/c1-2-29(31)15-36(16-29)28-33-26-23(27(34-28)35-13-17-7-8-18(9-17)14-35)12-32-25(24(26)30)22-11-20(37)10-19-5-3-4-6-21(19)22/h3-6,10-12,17-18,37H,2,7-9,13-16,31H2,1H3. The summed E-state index contributed by atoms with van der Waals surface area (Å²) in [6, 6.07) is 10.9. The van der Waals surface area contributed by atoms with Gasteiger partial charge in [-0.05, 0) is 60.4 Å². The molecule has 1 aliphatic carbocycles. The quantitative estimate of drug-likeness (QED) is 0.415. The molecular weight excluding hydrogens is 467 g/mol. The molecule has 2 atom stereocenters. The molecule has 2 saturated heterocycles. The minimum absolute atomic E-state index is 0.0716. The second kappa shape index (κ2) is 8.25. The zero-order valence-electron chi connectivity index (χ0n) is 21.0. The maximum absolute atomic E-state index is 16.4. The SMILES string of the molecule is CCC1(N)CN(c2nc(N3CC4CCC(C4)C3)c3cnc(-c4cc(O)cc5ccccc45)c(F)c3n2)C1. The van der Waals surface area contributed by atoms with Gasteiger partial charge < -0.3 is 20.6 Å². The van der Waals surface area contributed by atoms with Crippen molar-refractivity contribution in [3.05, 3.63) is 48.4 Å². The van der Waals surface area contributed by atoms with E-state index in [2.05, 4.69) is 16.8 Å². The minimum Gasteiger partial charge on any atom is -0.508 e. The molecule has 2 aromatic heterocycles. The number of fused-ring (bicyclic) bond motifs is 4. The van der Waals surface area contributed by atoms with Gasteiger partial charge in [0.15, 0.2) is 5.82 Å². The maximum Gasteiger partial charge on any atom is 0.228 e. The number of hydrogen-bond acceptors (Lipinski definition) is 7. The lowest BCUT2D eigenvalue weighted by Gasteiger charge is -2.47. The van der Waals surface area contributed by atoms with Crippen LogP contribution < -0.4 is 15.5 Å². The third-order valence-corrected chi connectivity index (χ3v) is 8.66.